The Morgan fingerprint density at radius 3 is 2.94 bits per heavy atom. The maximum absolute atomic E-state index is 11.4. The molecule has 0 saturated carbocycles. The Labute approximate surface area is 99.9 Å². The summed E-state index contributed by atoms with van der Waals surface area (Å²) in [6.07, 6.45) is 1.56. The molecule has 1 unspecified atom stereocenters. The molecule has 6 heteroatoms. The van der Waals surface area contributed by atoms with E-state index in [-0.39, 0.29) is 11.8 Å². The summed E-state index contributed by atoms with van der Waals surface area (Å²) in [6.45, 7) is 0. The summed E-state index contributed by atoms with van der Waals surface area (Å²) in [5.74, 6) is 1.12. The molecule has 2 rings (SSSR count). The van der Waals surface area contributed by atoms with Crippen LogP contribution in [0.15, 0.2) is 18.2 Å². The number of hydrogen-bond acceptors (Lipinski definition) is 4. The van der Waals surface area contributed by atoms with Gasteiger partial charge in [-0.3, -0.25) is 0 Å². The molecule has 1 aromatic heterocycles. The number of sulfone groups is 1. The first kappa shape index (κ1) is 11.7. The molecular formula is C10H13ClN2O2S. The van der Waals surface area contributed by atoms with Crippen molar-refractivity contribution in [2.45, 2.75) is 18.9 Å². The van der Waals surface area contributed by atoms with Crippen molar-refractivity contribution in [1.29, 1.82) is 0 Å². The number of pyridine rings is 1. The van der Waals surface area contributed by atoms with E-state index < -0.39 is 9.84 Å². The highest BCUT2D eigenvalue weighted by Crippen LogP contribution is 2.17. The molecule has 4 nitrogen and oxygen atoms in total. The Morgan fingerprint density at radius 2 is 2.25 bits per heavy atom. The lowest BCUT2D eigenvalue weighted by Crippen LogP contribution is -2.35. The molecule has 0 aromatic carbocycles. The van der Waals surface area contributed by atoms with Gasteiger partial charge in [0.15, 0.2) is 9.84 Å². The third-order valence-electron chi connectivity index (χ3n) is 2.53. The lowest BCUT2D eigenvalue weighted by Gasteiger charge is -2.23. The molecule has 1 aliphatic heterocycles. The second-order valence-electron chi connectivity index (χ2n) is 3.94. The first-order valence-electron chi connectivity index (χ1n) is 5.15. The van der Waals surface area contributed by atoms with Crippen LogP contribution in [0, 0.1) is 0 Å². The first-order chi connectivity index (χ1) is 7.55. The third-order valence-corrected chi connectivity index (χ3v) is 4.56. The third kappa shape index (κ3) is 3.09. The topological polar surface area (TPSA) is 59.1 Å². The lowest BCUT2D eigenvalue weighted by molar-refractivity contribution is 0.561. The highest BCUT2D eigenvalue weighted by Gasteiger charge is 2.24. The maximum atomic E-state index is 11.4. The van der Waals surface area contributed by atoms with Crippen molar-refractivity contribution >= 4 is 27.3 Å². The monoisotopic (exact) mass is 260 g/mol. The summed E-state index contributed by atoms with van der Waals surface area (Å²) >= 11 is 5.75. The van der Waals surface area contributed by atoms with Crippen LogP contribution in [0.25, 0.3) is 0 Å². The van der Waals surface area contributed by atoms with Crippen LogP contribution in [0.3, 0.4) is 0 Å². The van der Waals surface area contributed by atoms with Crippen molar-refractivity contribution in [3.05, 3.63) is 23.4 Å². The fourth-order valence-electron chi connectivity index (χ4n) is 1.83. The average Bonchev–Trinajstić information content (AvgIpc) is 2.15. The van der Waals surface area contributed by atoms with E-state index in [1.807, 2.05) is 0 Å². The van der Waals surface area contributed by atoms with E-state index in [1.165, 1.54) is 0 Å². The normalized spacial score (nSPS) is 23.9. The van der Waals surface area contributed by atoms with Gasteiger partial charge < -0.3 is 5.32 Å². The van der Waals surface area contributed by atoms with Crippen molar-refractivity contribution in [3.63, 3.8) is 0 Å². The van der Waals surface area contributed by atoms with Crippen molar-refractivity contribution in [3.8, 4) is 0 Å². The van der Waals surface area contributed by atoms with Crippen LogP contribution in [0.2, 0.25) is 5.15 Å². The van der Waals surface area contributed by atoms with Crippen LogP contribution in [-0.2, 0) is 9.84 Å². The molecule has 1 aliphatic rings. The van der Waals surface area contributed by atoms with Crippen molar-refractivity contribution in [2.75, 3.05) is 16.8 Å². The van der Waals surface area contributed by atoms with Crippen molar-refractivity contribution in [2.24, 2.45) is 0 Å². The summed E-state index contributed by atoms with van der Waals surface area (Å²) in [4.78, 5) is 4.07. The molecule has 0 amide bonds. The van der Waals surface area contributed by atoms with Gasteiger partial charge in [-0.25, -0.2) is 13.4 Å². The minimum atomic E-state index is -2.89. The Hall–Kier alpha value is -0.810. The molecule has 1 atom stereocenters. The van der Waals surface area contributed by atoms with Crippen LogP contribution >= 0.6 is 11.6 Å². The zero-order valence-electron chi connectivity index (χ0n) is 8.69. The Kier molecular flexibility index (Phi) is 3.35. The zero-order chi connectivity index (χ0) is 11.6. The van der Waals surface area contributed by atoms with E-state index in [4.69, 9.17) is 11.6 Å². The van der Waals surface area contributed by atoms with Gasteiger partial charge in [0.25, 0.3) is 0 Å². The quantitative estimate of drug-likeness (QED) is 0.823. The fraction of sp³-hybridized carbons (Fsp3) is 0.500. The van der Waals surface area contributed by atoms with Gasteiger partial charge in [-0.15, -0.1) is 0 Å². The number of aromatic nitrogens is 1. The van der Waals surface area contributed by atoms with Gasteiger partial charge in [0.2, 0.25) is 0 Å². The Bertz CT molecular complexity index is 475. The predicted octanol–water partition coefficient (Wildman–Crippen LogP) is 1.72. The molecule has 1 N–H and O–H groups in total. The average molecular weight is 261 g/mol. The van der Waals surface area contributed by atoms with E-state index in [1.54, 1.807) is 18.2 Å². The molecule has 1 fully saturated rings. The van der Waals surface area contributed by atoms with Crippen LogP contribution in [-0.4, -0.2) is 30.9 Å². The highest BCUT2D eigenvalue weighted by atomic mass is 35.5. The summed E-state index contributed by atoms with van der Waals surface area (Å²) in [6, 6.07) is 5.21. The first-order valence-corrected chi connectivity index (χ1v) is 7.35. The molecule has 0 radical (unpaired) electrons. The number of nitrogens with one attached hydrogen (secondary N) is 1. The summed E-state index contributed by atoms with van der Waals surface area (Å²) in [5.41, 5.74) is 0. The van der Waals surface area contributed by atoms with Gasteiger partial charge in [-0.1, -0.05) is 17.7 Å². The van der Waals surface area contributed by atoms with E-state index >= 15 is 0 Å². The van der Waals surface area contributed by atoms with Crippen LogP contribution in [0.4, 0.5) is 5.82 Å². The van der Waals surface area contributed by atoms with E-state index in [0.717, 1.165) is 6.42 Å². The molecule has 1 aromatic rings. The fourth-order valence-corrected chi connectivity index (χ4v) is 3.63. The minimum absolute atomic E-state index is 0.0512. The molecule has 1 saturated heterocycles. The molecule has 16 heavy (non-hydrogen) atoms. The molecule has 0 bridgehead atoms. The van der Waals surface area contributed by atoms with Gasteiger partial charge in [0.1, 0.15) is 11.0 Å². The van der Waals surface area contributed by atoms with E-state index in [9.17, 15) is 8.42 Å². The highest BCUT2D eigenvalue weighted by molar-refractivity contribution is 7.91. The summed E-state index contributed by atoms with van der Waals surface area (Å²) in [5, 5.41) is 3.51. The van der Waals surface area contributed by atoms with Gasteiger partial charge in [-0.2, -0.15) is 0 Å². The number of hydrogen-bond donors (Lipinski definition) is 1. The van der Waals surface area contributed by atoms with E-state index in [0.29, 0.717) is 23.1 Å². The Morgan fingerprint density at radius 1 is 1.44 bits per heavy atom. The zero-order valence-corrected chi connectivity index (χ0v) is 10.3. The minimum Gasteiger partial charge on any atom is -0.366 e. The van der Waals surface area contributed by atoms with Crippen LogP contribution < -0.4 is 5.32 Å². The second-order valence-corrected chi connectivity index (χ2v) is 6.56. The van der Waals surface area contributed by atoms with Crippen LogP contribution in [0.1, 0.15) is 12.8 Å². The van der Waals surface area contributed by atoms with Gasteiger partial charge in [0, 0.05) is 6.04 Å². The number of rotatable bonds is 2. The molecular weight excluding hydrogens is 248 g/mol. The van der Waals surface area contributed by atoms with E-state index in [2.05, 4.69) is 10.3 Å². The smallest absolute Gasteiger partial charge is 0.152 e. The molecule has 2 heterocycles. The SMILES string of the molecule is O=S1(=O)CCCC(Nc2cccc(Cl)n2)C1. The largest absolute Gasteiger partial charge is 0.366 e. The van der Waals surface area contributed by atoms with Gasteiger partial charge in [0.05, 0.1) is 11.5 Å². The number of nitrogens with zero attached hydrogens (tertiary/aromatic N) is 1. The van der Waals surface area contributed by atoms with Gasteiger partial charge >= 0.3 is 0 Å². The lowest BCUT2D eigenvalue weighted by atomic mass is 10.2. The van der Waals surface area contributed by atoms with Crippen molar-refractivity contribution < 1.29 is 8.42 Å². The van der Waals surface area contributed by atoms with Crippen molar-refractivity contribution in [1.82, 2.24) is 4.98 Å². The summed E-state index contributed by atoms with van der Waals surface area (Å²) in [7, 11) is -2.89. The molecule has 0 spiro atoms. The Balaban J connectivity index is 2.05. The molecule has 88 valence electrons. The number of halogens is 1. The maximum Gasteiger partial charge on any atom is 0.152 e. The summed E-state index contributed by atoms with van der Waals surface area (Å²) < 4.78 is 22.9. The standard InChI is InChI=1S/C10H13ClN2O2S/c11-9-4-1-5-10(13-9)12-8-3-2-6-16(14,15)7-8/h1,4-5,8H,2-3,6-7H2,(H,12,13). The van der Waals surface area contributed by atoms with Crippen LogP contribution in [0.5, 0.6) is 0 Å². The predicted molar refractivity (Wildman–Crippen MR) is 64.5 cm³/mol. The number of anilines is 1. The second kappa shape index (κ2) is 4.59. The molecule has 0 aliphatic carbocycles. The van der Waals surface area contributed by atoms with Gasteiger partial charge in [-0.05, 0) is 25.0 Å².